The molecule has 1 aromatic carbocycles. The van der Waals surface area contributed by atoms with Gasteiger partial charge in [0.2, 0.25) is 0 Å². The summed E-state index contributed by atoms with van der Waals surface area (Å²) in [6, 6.07) is 8.33. The van der Waals surface area contributed by atoms with Crippen molar-refractivity contribution in [1.82, 2.24) is 5.43 Å². The van der Waals surface area contributed by atoms with Crippen molar-refractivity contribution < 1.29 is 4.42 Å². The zero-order valence-electron chi connectivity index (χ0n) is 11.5. The maximum atomic E-state index is 5.73. The standard InChI is InChI=1S/C15H19BrN2O/c1-9-10(2)19-11(3)15(9)14(18-17)8-12-5-4-6-13(16)7-12/h4-7,14,18H,8,17H2,1-3H3. The van der Waals surface area contributed by atoms with Crippen molar-refractivity contribution in [2.24, 2.45) is 5.84 Å². The third kappa shape index (κ3) is 3.08. The highest BCUT2D eigenvalue weighted by atomic mass is 79.9. The molecule has 1 heterocycles. The van der Waals surface area contributed by atoms with Crippen LogP contribution in [-0.2, 0) is 6.42 Å². The van der Waals surface area contributed by atoms with Crippen LogP contribution in [0.15, 0.2) is 33.2 Å². The molecule has 0 saturated carbocycles. The molecule has 4 heteroatoms. The van der Waals surface area contributed by atoms with E-state index in [1.54, 1.807) is 0 Å². The van der Waals surface area contributed by atoms with E-state index in [0.29, 0.717) is 0 Å². The Balaban J connectivity index is 2.30. The van der Waals surface area contributed by atoms with Gasteiger partial charge in [0, 0.05) is 10.0 Å². The van der Waals surface area contributed by atoms with Gasteiger partial charge in [0.25, 0.3) is 0 Å². The second kappa shape index (κ2) is 5.90. The van der Waals surface area contributed by atoms with Crippen LogP contribution in [0.4, 0.5) is 0 Å². The number of hydrazine groups is 1. The van der Waals surface area contributed by atoms with E-state index in [1.165, 1.54) is 16.7 Å². The van der Waals surface area contributed by atoms with E-state index in [1.807, 2.05) is 26.0 Å². The molecule has 1 unspecified atom stereocenters. The second-order valence-corrected chi connectivity index (χ2v) is 5.72. The van der Waals surface area contributed by atoms with E-state index in [0.717, 1.165) is 22.4 Å². The lowest BCUT2D eigenvalue weighted by molar-refractivity contribution is 0.484. The normalized spacial score (nSPS) is 12.7. The van der Waals surface area contributed by atoms with Crippen LogP contribution in [-0.4, -0.2) is 0 Å². The van der Waals surface area contributed by atoms with E-state index in [4.69, 9.17) is 10.3 Å². The first-order chi connectivity index (χ1) is 9.02. The van der Waals surface area contributed by atoms with Gasteiger partial charge in [-0.15, -0.1) is 0 Å². The predicted molar refractivity (Wildman–Crippen MR) is 80.8 cm³/mol. The lowest BCUT2D eigenvalue weighted by Gasteiger charge is -2.17. The minimum absolute atomic E-state index is 0.0618. The lowest BCUT2D eigenvalue weighted by atomic mass is 9.96. The lowest BCUT2D eigenvalue weighted by Crippen LogP contribution is -2.30. The number of benzene rings is 1. The Bertz CT molecular complexity index is 578. The van der Waals surface area contributed by atoms with Gasteiger partial charge in [0.05, 0.1) is 6.04 Å². The van der Waals surface area contributed by atoms with Crippen LogP contribution >= 0.6 is 15.9 Å². The molecule has 19 heavy (non-hydrogen) atoms. The molecule has 1 aromatic heterocycles. The van der Waals surface area contributed by atoms with Crippen LogP contribution < -0.4 is 11.3 Å². The Morgan fingerprint density at radius 2 is 2.00 bits per heavy atom. The van der Waals surface area contributed by atoms with Crippen molar-refractivity contribution in [3.8, 4) is 0 Å². The molecule has 2 rings (SSSR count). The Labute approximate surface area is 122 Å². The molecule has 0 amide bonds. The van der Waals surface area contributed by atoms with Crippen molar-refractivity contribution in [3.05, 3.63) is 56.9 Å². The zero-order chi connectivity index (χ0) is 14.0. The molecule has 2 aromatic rings. The Morgan fingerprint density at radius 3 is 2.53 bits per heavy atom. The van der Waals surface area contributed by atoms with Crippen molar-refractivity contribution in [1.29, 1.82) is 0 Å². The molecule has 0 saturated heterocycles. The van der Waals surface area contributed by atoms with Gasteiger partial charge in [-0.05, 0) is 50.5 Å². The van der Waals surface area contributed by atoms with Crippen LogP contribution in [0.25, 0.3) is 0 Å². The van der Waals surface area contributed by atoms with Gasteiger partial charge in [-0.1, -0.05) is 28.1 Å². The number of hydrogen-bond acceptors (Lipinski definition) is 3. The number of nitrogens with two attached hydrogens (primary N) is 1. The van der Waals surface area contributed by atoms with Crippen LogP contribution in [0.1, 0.15) is 34.3 Å². The third-order valence-corrected chi connectivity index (χ3v) is 3.99. The summed E-state index contributed by atoms with van der Waals surface area (Å²) < 4.78 is 6.77. The van der Waals surface area contributed by atoms with Crippen molar-refractivity contribution in [2.75, 3.05) is 0 Å². The molecule has 3 N–H and O–H groups in total. The van der Waals surface area contributed by atoms with Gasteiger partial charge in [0.1, 0.15) is 11.5 Å². The van der Waals surface area contributed by atoms with Crippen LogP contribution in [0.5, 0.6) is 0 Å². The molecular weight excluding hydrogens is 304 g/mol. The average molecular weight is 323 g/mol. The van der Waals surface area contributed by atoms with Gasteiger partial charge in [-0.3, -0.25) is 11.3 Å². The number of hydrogen-bond donors (Lipinski definition) is 2. The molecule has 0 fully saturated rings. The van der Waals surface area contributed by atoms with Gasteiger partial charge in [-0.25, -0.2) is 0 Å². The van der Waals surface area contributed by atoms with E-state index >= 15 is 0 Å². The van der Waals surface area contributed by atoms with Crippen molar-refractivity contribution in [3.63, 3.8) is 0 Å². The first-order valence-electron chi connectivity index (χ1n) is 6.30. The molecule has 3 nitrogen and oxygen atoms in total. The molecule has 0 bridgehead atoms. The highest BCUT2D eigenvalue weighted by Crippen LogP contribution is 2.29. The number of furan rings is 1. The van der Waals surface area contributed by atoms with E-state index in [9.17, 15) is 0 Å². The van der Waals surface area contributed by atoms with E-state index < -0.39 is 0 Å². The quantitative estimate of drug-likeness (QED) is 0.666. The number of rotatable bonds is 4. The predicted octanol–water partition coefficient (Wildman–Crippen LogP) is 3.71. The summed E-state index contributed by atoms with van der Waals surface area (Å²) >= 11 is 3.49. The molecule has 0 aliphatic heterocycles. The molecule has 0 spiro atoms. The Kier molecular flexibility index (Phi) is 4.45. The minimum Gasteiger partial charge on any atom is -0.466 e. The van der Waals surface area contributed by atoms with Gasteiger partial charge in [0.15, 0.2) is 0 Å². The summed E-state index contributed by atoms with van der Waals surface area (Å²) in [5.41, 5.74) is 6.48. The first-order valence-corrected chi connectivity index (χ1v) is 7.09. The summed E-state index contributed by atoms with van der Waals surface area (Å²) in [6.45, 7) is 6.05. The number of nitrogens with one attached hydrogen (secondary N) is 1. The topological polar surface area (TPSA) is 51.2 Å². The monoisotopic (exact) mass is 322 g/mol. The molecule has 0 aliphatic rings. The molecule has 0 radical (unpaired) electrons. The van der Waals surface area contributed by atoms with Gasteiger partial charge in [-0.2, -0.15) is 0 Å². The largest absolute Gasteiger partial charge is 0.466 e. The van der Waals surface area contributed by atoms with Gasteiger partial charge >= 0.3 is 0 Å². The fraction of sp³-hybridized carbons (Fsp3) is 0.333. The summed E-state index contributed by atoms with van der Waals surface area (Å²) in [4.78, 5) is 0. The Hall–Kier alpha value is -1.10. The molecule has 0 aliphatic carbocycles. The third-order valence-electron chi connectivity index (χ3n) is 3.50. The number of halogens is 1. The van der Waals surface area contributed by atoms with Crippen LogP contribution in [0.2, 0.25) is 0 Å². The maximum Gasteiger partial charge on any atom is 0.106 e. The summed E-state index contributed by atoms with van der Waals surface area (Å²) in [7, 11) is 0. The minimum atomic E-state index is 0.0618. The average Bonchev–Trinajstić information content (AvgIpc) is 2.61. The second-order valence-electron chi connectivity index (χ2n) is 4.81. The number of aryl methyl sites for hydroxylation is 2. The summed E-state index contributed by atoms with van der Waals surface area (Å²) in [5, 5.41) is 0. The fourth-order valence-electron chi connectivity index (χ4n) is 2.47. The smallest absolute Gasteiger partial charge is 0.106 e. The highest BCUT2D eigenvalue weighted by Gasteiger charge is 2.20. The van der Waals surface area contributed by atoms with Crippen molar-refractivity contribution >= 4 is 15.9 Å². The maximum absolute atomic E-state index is 5.73. The molecule has 1 atom stereocenters. The van der Waals surface area contributed by atoms with Crippen LogP contribution in [0, 0.1) is 20.8 Å². The summed E-state index contributed by atoms with van der Waals surface area (Å²) in [5.74, 6) is 7.63. The highest BCUT2D eigenvalue weighted by molar-refractivity contribution is 9.10. The van der Waals surface area contributed by atoms with Crippen molar-refractivity contribution in [2.45, 2.75) is 33.2 Å². The first kappa shape index (κ1) is 14.3. The molecule has 102 valence electrons. The molecular formula is C15H19BrN2O. The Morgan fingerprint density at radius 1 is 1.26 bits per heavy atom. The van der Waals surface area contributed by atoms with E-state index in [2.05, 4.69) is 40.4 Å². The fourth-order valence-corrected chi connectivity index (χ4v) is 2.91. The SMILES string of the molecule is Cc1oc(C)c(C(Cc2cccc(Br)c2)NN)c1C. The van der Waals surface area contributed by atoms with Crippen LogP contribution in [0.3, 0.4) is 0 Å². The van der Waals surface area contributed by atoms with Gasteiger partial charge < -0.3 is 4.42 Å². The summed E-state index contributed by atoms with van der Waals surface area (Å²) in [6.07, 6.45) is 0.830. The zero-order valence-corrected chi connectivity index (χ0v) is 13.0. The van der Waals surface area contributed by atoms with E-state index in [-0.39, 0.29) is 6.04 Å².